The first kappa shape index (κ1) is 14.0. The lowest BCUT2D eigenvalue weighted by Gasteiger charge is -2.15. The van der Waals surface area contributed by atoms with Crippen LogP contribution in [0.1, 0.15) is 17.4 Å². The molecule has 1 atom stereocenters. The van der Waals surface area contributed by atoms with Crippen LogP contribution < -0.4 is 11.3 Å². The smallest absolute Gasteiger partial charge is 0.169 e. The maximum Gasteiger partial charge on any atom is 0.169 e. The summed E-state index contributed by atoms with van der Waals surface area (Å²) in [6.45, 7) is 0. The SMILES string of the molecule is NNC(c1ccc(Br)o1)c1ccc(Br)c(Cl)c1F. The molecule has 2 rings (SSSR count). The molecule has 1 aromatic heterocycles. The van der Waals surface area contributed by atoms with Crippen LogP contribution in [-0.4, -0.2) is 0 Å². The first-order chi connectivity index (χ1) is 8.54. The van der Waals surface area contributed by atoms with E-state index in [4.69, 9.17) is 21.9 Å². The number of rotatable bonds is 3. The van der Waals surface area contributed by atoms with Gasteiger partial charge in [0.25, 0.3) is 0 Å². The fraction of sp³-hybridized carbons (Fsp3) is 0.0909. The molecule has 0 spiro atoms. The highest BCUT2D eigenvalue weighted by molar-refractivity contribution is 9.10. The Kier molecular flexibility index (Phi) is 4.45. The summed E-state index contributed by atoms with van der Waals surface area (Å²) in [5.74, 6) is 5.40. The predicted octanol–water partition coefficient (Wildman–Crippen LogP) is 4.15. The van der Waals surface area contributed by atoms with Gasteiger partial charge < -0.3 is 4.42 Å². The van der Waals surface area contributed by atoms with Gasteiger partial charge in [0.1, 0.15) is 17.6 Å². The van der Waals surface area contributed by atoms with E-state index in [-0.39, 0.29) is 5.02 Å². The van der Waals surface area contributed by atoms with Crippen LogP contribution in [0.3, 0.4) is 0 Å². The van der Waals surface area contributed by atoms with Crippen LogP contribution in [0.25, 0.3) is 0 Å². The minimum Gasteiger partial charge on any atom is -0.452 e. The Hall–Kier alpha value is -0.400. The summed E-state index contributed by atoms with van der Waals surface area (Å²) in [6.07, 6.45) is 0. The molecule has 1 heterocycles. The van der Waals surface area contributed by atoms with Crippen molar-refractivity contribution in [3.05, 3.63) is 55.6 Å². The van der Waals surface area contributed by atoms with Gasteiger partial charge in [-0.05, 0) is 50.1 Å². The molecule has 0 saturated carbocycles. The molecule has 0 fully saturated rings. The van der Waals surface area contributed by atoms with Crippen molar-refractivity contribution in [3.8, 4) is 0 Å². The second kappa shape index (κ2) is 5.71. The van der Waals surface area contributed by atoms with E-state index in [0.717, 1.165) is 0 Å². The van der Waals surface area contributed by atoms with Crippen LogP contribution in [0.5, 0.6) is 0 Å². The van der Waals surface area contributed by atoms with E-state index in [1.807, 2.05) is 0 Å². The summed E-state index contributed by atoms with van der Waals surface area (Å²) < 4.78 is 20.5. The number of halogens is 4. The summed E-state index contributed by atoms with van der Waals surface area (Å²) >= 11 is 12.2. The Bertz CT molecular complexity index is 576. The van der Waals surface area contributed by atoms with E-state index < -0.39 is 11.9 Å². The summed E-state index contributed by atoms with van der Waals surface area (Å²) in [6, 6.07) is 6.04. The number of furan rings is 1. The molecule has 0 radical (unpaired) electrons. The van der Waals surface area contributed by atoms with Crippen LogP contribution in [0.15, 0.2) is 37.8 Å². The average Bonchev–Trinajstić information content (AvgIpc) is 2.77. The highest BCUT2D eigenvalue weighted by Crippen LogP contribution is 2.33. The highest BCUT2D eigenvalue weighted by atomic mass is 79.9. The van der Waals surface area contributed by atoms with Crippen molar-refractivity contribution < 1.29 is 8.81 Å². The Morgan fingerprint density at radius 2 is 2.00 bits per heavy atom. The van der Waals surface area contributed by atoms with Gasteiger partial charge in [-0.15, -0.1) is 0 Å². The van der Waals surface area contributed by atoms with Crippen molar-refractivity contribution in [2.75, 3.05) is 0 Å². The van der Waals surface area contributed by atoms with Crippen LogP contribution in [0.4, 0.5) is 4.39 Å². The normalized spacial score (nSPS) is 12.7. The van der Waals surface area contributed by atoms with Crippen molar-refractivity contribution in [3.63, 3.8) is 0 Å². The van der Waals surface area contributed by atoms with Crippen molar-refractivity contribution in [2.24, 2.45) is 5.84 Å². The van der Waals surface area contributed by atoms with Gasteiger partial charge in [-0.3, -0.25) is 5.84 Å². The molecule has 0 bridgehead atoms. The lowest BCUT2D eigenvalue weighted by Crippen LogP contribution is -2.29. The zero-order valence-corrected chi connectivity index (χ0v) is 12.8. The van der Waals surface area contributed by atoms with Crippen molar-refractivity contribution >= 4 is 43.5 Å². The highest BCUT2D eigenvalue weighted by Gasteiger charge is 2.22. The second-order valence-electron chi connectivity index (χ2n) is 3.51. The molecule has 0 amide bonds. The summed E-state index contributed by atoms with van der Waals surface area (Å²) in [7, 11) is 0. The first-order valence-electron chi connectivity index (χ1n) is 4.89. The van der Waals surface area contributed by atoms with Crippen LogP contribution in [-0.2, 0) is 0 Å². The Morgan fingerprint density at radius 1 is 1.28 bits per heavy atom. The monoisotopic (exact) mass is 396 g/mol. The molecule has 2 aromatic rings. The zero-order chi connectivity index (χ0) is 13.3. The Morgan fingerprint density at radius 3 is 2.56 bits per heavy atom. The molecule has 3 nitrogen and oxygen atoms in total. The maximum atomic E-state index is 14.1. The van der Waals surface area contributed by atoms with Crippen molar-refractivity contribution in [1.29, 1.82) is 0 Å². The minimum atomic E-state index is -0.609. The molecule has 3 N–H and O–H groups in total. The third-order valence-corrected chi connectivity index (χ3v) is 4.11. The van der Waals surface area contributed by atoms with Gasteiger partial charge >= 0.3 is 0 Å². The van der Waals surface area contributed by atoms with Gasteiger partial charge in [0.15, 0.2) is 4.67 Å². The molecule has 96 valence electrons. The largest absolute Gasteiger partial charge is 0.452 e. The van der Waals surface area contributed by atoms with E-state index in [1.54, 1.807) is 24.3 Å². The van der Waals surface area contributed by atoms with Crippen LogP contribution in [0.2, 0.25) is 5.02 Å². The van der Waals surface area contributed by atoms with E-state index in [0.29, 0.717) is 20.5 Å². The molecule has 0 aliphatic carbocycles. The molecule has 18 heavy (non-hydrogen) atoms. The molecular formula is C11H8Br2ClFN2O. The zero-order valence-electron chi connectivity index (χ0n) is 8.88. The number of hydrazine groups is 1. The van der Waals surface area contributed by atoms with Gasteiger partial charge in [-0.2, -0.15) is 0 Å². The van der Waals surface area contributed by atoms with Gasteiger partial charge in [-0.25, -0.2) is 9.82 Å². The molecule has 1 aromatic carbocycles. The quantitative estimate of drug-likeness (QED) is 0.464. The number of hydrogen-bond acceptors (Lipinski definition) is 3. The number of nitrogens with two attached hydrogens (primary N) is 1. The maximum absolute atomic E-state index is 14.1. The summed E-state index contributed by atoms with van der Waals surface area (Å²) in [5, 5.41) is 0.0124. The average molecular weight is 398 g/mol. The molecular weight excluding hydrogens is 390 g/mol. The number of hydrogen-bond donors (Lipinski definition) is 2. The predicted molar refractivity (Wildman–Crippen MR) is 74.7 cm³/mol. The minimum absolute atomic E-state index is 0.0124. The van der Waals surface area contributed by atoms with Crippen molar-refractivity contribution in [2.45, 2.75) is 6.04 Å². The third kappa shape index (κ3) is 2.62. The molecule has 1 unspecified atom stereocenters. The van der Waals surface area contributed by atoms with E-state index in [9.17, 15) is 4.39 Å². The molecule has 0 aliphatic rings. The molecule has 0 saturated heterocycles. The van der Waals surface area contributed by atoms with Gasteiger partial charge in [0.2, 0.25) is 0 Å². The standard InChI is InChI=1S/C11H8Br2ClFN2O/c12-6-2-1-5(10(15)9(6)14)11(17-16)7-3-4-8(13)18-7/h1-4,11,17H,16H2. The van der Waals surface area contributed by atoms with Gasteiger partial charge in [0.05, 0.1) is 5.02 Å². The lowest BCUT2D eigenvalue weighted by molar-refractivity contribution is 0.428. The Balaban J connectivity index is 2.49. The first-order valence-corrected chi connectivity index (χ1v) is 6.85. The van der Waals surface area contributed by atoms with Crippen LogP contribution >= 0.6 is 43.5 Å². The fourth-order valence-corrected chi connectivity index (χ4v) is 2.37. The third-order valence-electron chi connectivity index (χ3n) is 2.42. The Labute approximate surface area is 125 Å². The van der Waals surface area contributed by atoms with E-state index in [2.05, 4.69) is 37.3 Å². The van der Waals surface area contributed by atoms with Gasteiger partial charge in [0, 0.05) is 10.0 Å². The topological polar surface area (TPSA) is 51.2 Å². The van der Waals surface area contributed by atoms with Crippen LogP contribution in [0, 0.1) is 5.82 Å². The number of benzene rings is 1. The van der Waals surface area contributed by atoms with Crippen molar-refractivity contribution in [1.82, 2.24) is 5.43 Å². The fourth-order valence-electron chi connectivity index (χ4n) is 1.57. The molecule has 0 aliphatic heterocycles. The summed E-state index contributed by atoms with van der Waals surface area (Å²) in [5.41, 5.74) is 2.82. The number of nitrogens with one attached hydrogen (secondary N) is 1. The molecule has 7 heteroatoms. The van der Waals surface area contributed by atoms with E-state index in [1.165, 1.54) is 0 Å². The van der Waals surface area contributed by atoms with Gasteiger partial charge in [-0.1, -0.05) is 17.7 Å². The lowest BCUT2D eigenvalue weighted by atomic mass is 10.0. The van der Waals surface area contributed by atoms with E-state index >= 15 is 0 Å². The second-order valence-corrected chi connectivity index (χ2v) is 5.52. The summed E-state index contributed by atoms with van der Waals surface area (Å²) in [4.78, 5) is 0.